The van der Waals surface area contributed by atoms with Crippen LogP contribution < -0.4 is 16.6 Å². The summed E-state index contributed by atoms with van der Waals surface area (Å²) in [5.41, 5.74) is 7.60. The number of hydrogen-bond acceptors (Lipinski definition) is 5. The molecule has 1 saturated carbocycles. The SMILES string of the molecule is NC1CC(c2cc(NCc3cc4ccc(F)cc4[nH]c3=O)ncn2)C1. The van der Waals surface area contributed by atoms with Crippen LogP contribution in [0.1, 0.15) is 30.0 Å². The predicted octanol–water partition coefficient (Wildman–Crippen LogP) is 2.27. The van der Waals surface area contributed by atoms with Crippen molar-refractivity contribution < 1.29 is 4.39 Å². The highest BCUT2D eigenvalue weighted by atomic mass is 19.1. The second kappa shape index (κ2) is 6.25. The van der Waals surface area contributed by atoms with Crippen molar-refractivity contribution in [1.82, 2.24) is 15.0 Å². The minimum atomic E-state index is -0.377. The molecule has 1 aromatic carbocycles. The van der Waals surface area contributed by atoms with Crippen molar-refractivity contribution in [3.63, 3.8) is 0 Å². The van der Waals surface area contributed by atoms with Crippen molar-refractivity contribution in [2.24, 2.45) is 5.73 Å². The van der Waals surface area contributed by atoms with Gasteiger partial charge < -0.3 is 16.0 Å². The topological polar surface area (TPSA) is 96.7 Å². The molecule has 0 bridgehead atoms. The number of halogens is 1. The molecule has 0 saturated heterocycles. The molecule has 128 valence electrons. The Hall–Kier alpha value is -2.80. The maximum atomic E-state index is 13.2. The van der Waals surface area contributed by atoms with Gasteiger partial charge in [0.1, 0.15) is 18.0 Å². The van der Waals surface area contributed by atoms with Gasteiger partial charge in [0.2, 0.25) is 0 Å². The number of benzene rings is 1. The number of H-pyrrole nitrogens is 1. The smallest absolute Gasteiger partial charge is 0.253 e. The van der Waals surface area contributed by atoms with Crippen LogP contribution >= 0.6 is 0 Å². The molecule has 1 aliphatic carbocycles. The van der Waals surface area contributed by atoms with E-state index in [1.54, 1.807) is 12.1 Å². The van der Waals surface area contributed by atoms with E-state index in [0.717, 1.165) is 23.9 Å². The minimum Gasteiger partial charge on any atom is -0.366 e. The summed E-state index contributed by atoms with van der Waals surface area (Å²) in [5, 5.41) is 3.94. The third-order valence-corrected chi connectivity index (χ3v) is 4.63. The Kier molecular flexibility index (Phi) is 3.93. The van der Waals surface area contributed by atoms with Crippen molar-refractivity contribution in [3.8, 4) is 0 Å². The molecule has 1 aliphatic rings. The zero-order valence-corrected chi connectivity index (χ0v) is 13.5. The van der Waals surface area contributed by atoms with E-state index in [1.807, 2.05) is 6.07 Å². The standard InChI is InChI=1S/C18H18FN5O/c19-13-2-1-10-3-12(18(25)24-16(10)6-13)8-21-17-7-15(22-9-23-17)11-4-14(20)5-11/h1-3,6-7,9,11,14H,4-5,8,20H2,(H,24,25)(H,21,22,23). The van der Waals surface area contributed by atoms with Gasteiger partial charge in [-0.1, -0.05) is 0 Å². The van der Waals surface area contributed by atoms with E-state index in [0.29, 0.717) is 29.4 Å². The van der Waals surface area contributed by atoms with Crippen molar-refractivity contribution >= 4 is 16.7 Å². The third-order valence-electron chi connectivity index (χ3n) is 4.63. The number of anilines is 1. The van der Waals surface area contributed by atoms with Gasteiger partial charge >= 0.3 is 0 Å². The Labute approximate surface area is 143 Å². The summed E-state index contributed by atoms with van der Waals surface area (Å²) < 4.78 is 13.2. The maximum absolute atomic E-state index is 13.2. The first kappa shape index (κ1) is 15.7. The summed E-state index contributed by atoms with van der Waals surface area (Å²) in [5.74, 6) is 0.680. The predicted molar refractivity (Wildman–Crippen MR) is 93.8 cm³/mol. The summed E-state index contributed by atoms with van der Waals surface area (Å²) in [6.07, 6.45) is 3.41. The summed E-state index contributed by atoms with van der Waals surface area (Å²) >= 11 is 0. The summed E-state index contributed by atoms with van der Waals surface area (Å²) in [7, 11) is 0. The fraction of sp³-hybridized carbons (Fsp3) is 0.278. The van der Waals surface area contributed by atoms with Gasteiger partial charge in [0, 0.05) is 35.8 Å². The Balaban J connectivity index is 1.52. The summed E-state index contributed by atoms with van der Waals surface area (Å²) in [4.78, 5) is 23.4. The number of fused-ring (bicyclic) bond motifs is 1. The fourth-order valence-corrected chi connectivity index (χ4v) is 3.13. The first-order chi connectivity index (χ1) is 12.1. The Morgan fingerprint density at radius 1 is 1.24 bits per heavy atom. The Bertz CT molecular complexity index is 981. The van der Waals surface area contributed by atoms with E-state index < -0.39 is 0 Å². The van der Waals surface area contributed by atoms with E-state index >= 15 is 0 Å². The molecule has 2 aromatic heterocycles. The summed E-state index contributed by atoms with van der Waals surface area (Å²) in [6.45, 7) is 0.323. The molecule has 25 heavy (non-hydrogen) atoms. The van der Waals surface area contributed by atoms with Gasteiger partial charge in [-0.25, -0.2) is 14.4 Å². The number of hydrogen-bond donors (Lipinski definition) is 3. The number of nitrogens with zero attached hydrogens (tertiary/aromatic N) is 2. The van der Waals surface area contributed by atoms with Crippen LogP contribution in [0.5, 0.6) is 0 Å². The molecule has 1 fully saturated rings. The average Bonchev–Trinajstić information content (AvgIpc) is 2.57. The molecule has 4 rings (SSSR count). The van der Waals surface area contributed by atoms with Crippen molar-refractivity contribution in [2.75, 3.05) is 5.32 Å². The number of aromatic nitrogens is 3. The second-order valence-corrected chi connectivity index (χ2v) is 6.47. The fourth-order valence-electron chi connectivity index (χ4n) is 3.13. The Morgan fingerprint density at radius 3 is 2.88 bits per heavy atom. The monoisotopic (exact) mass is 339 g/mol. The number of rotatable bonds is 4. The van der Waals surface area contributed by atoms with Gasteiger partial charge in [0.15, 0.2) is 0 Å². The maximum Gasteiger partial charge on any atom is 0.253 e. The molecular weight excluding hydrogens is 321 g/mol. The van der Waals surface area contributed by atoms with Crippen molar-refractivity contribution in [2.45, 2.75) is 31.3 Å². The van der Waals surface area contributed by atoms with Gasteiger partial charge in [-0.2, -0.15) is 0 Å². The highest BCUT2D eigenvalue weighted by Gasteiger charge is 2.28. The normalized spacial score (nSPS) is 19.6. The molecule has 0 atom stereocenters. The van der Waals surface area contributed by atoms with E-state index in [4.69, 9.17) is 5.73 Å². The molecule has 6 nitrogen and oxygen atoms in total. The van der Waals surface area contributed by atoms with Gasteiger partial charge in [-0.15, -0.1) is 0 Å². The lowest BCUT2D eigenvalue weighted by Gasteiger charge is -2.31. The zero-order chi connectivity index (χ0) is 17.4. The lowest BCUT2D eigenvalue weighted by atomic mass is 9.79. The largest absolute Gasteiger partial charge is 0.366 e. The van der Waals surface area contributed by atoms with E-state index in [2.05, 4.69) is 20.3 Å². The molecule has 0 spiro atoms. The van der Waals surface area contributed by atoms with E-state index in [-0.39, 0.29) is 17.4 Å². The van der Waals surface area contributed by atoms with Gasteiger partial charge in [0.05, 0.1) is 5.52 Å². The molecule has 7 heteroatoms. The lowest BCUT2D eigenvalue weighted by Crippen LogP contribution is -2.35. The first-order valence-corrected chi connectivity index (χ1v) is 8.21. The van der Waals surface area contributed by atoms with Crippen LogP contribution in [0.15, 0.2) is 41.5 Å². The summed E-state index contributed by atoms with van der Waals surface area (Å²) in [6, 6.07) is 8.25. The highest BCUT2D eigenvalue weighted by Crippen LogP contribution is 2.34. The highest BCUT2D eigenvalue weighted by molar-refractivity contribution is 5.78. The zero-order valence-electron chi connectivity index (χ0n) is 13.5. The number of nitrogens with two attached hydrogens (primary N) is 1. The van der Waals surface area contributed by atoms with Crippen LogP contribution in [0.25, 0.3) is 10.9 Å². The van der Waals surface area contributed by atoms with Crippen molar-refractivity contribution in [1.29, 1.82) is 0 Å². The molecule has 0 amide bonds. The molecular formula is C18H18FN5O. The quantitative estimate of drug-likeness (QED) is 0.677. The van der Waals surface area contributed by atoms with Crippen LogP contribution in [-0.4, -0.2) is 21.0 Å². The number of pyridine rings is 1. The van der Waals surface area contributed by atoms with Crippen LogP contribution in [-0.2, 0) is 6.54 Å². The van der Waals surface area contributed by atoms with Gasteiger partial charge in [-0.05, 0) is 42.5 Å². The van der Waals surface area contributed by atoms with Gasteiger partial charge in [-0.3, -0.25) is 4.79 Å². The second-order valence-electron chi connectivity index (χ2n) is 6.47. The molecule has 0 aliphatic heterocycles. The van der Waals surface area contributed by atoms with E-state index in [9.17, 15) is 9.18 Å². The molecule has 3 aromatic rings. The van der Waals surface area contributed by atoms with Crippen LogP contribution in [0.3, 0.4) is 0 Å². The van der Waals surface area contributed by atoms with Gasteiger partial charge in [0.25, 0.3) is 5.56 Å². The molecule has 4 N–H and O–H groups in total. The number of nitrogens with one attached hydrogen (secondary N) is 2. The first-order valence-electron chi connectivity index (χ1n) is 8.21. The van der Waals surface area contributed by atoms with Crippen LogP contribution in [0.2, 0.25) is 0 Å². The molecule has 0 radical (unpaired) electrons. The number of aromatic amines is 1. The third kappa shape index (κ3) is 3.23. The molecule has 0 unspecified atom stereocenters. The minimum absolute atomic E-state index is 0.246. The van der Waals surface area contributed by atoms with Crippen LogP contribution in [0, 0.1) is 5.82 Å². The Morgan fingerprint density at radius 2 is 2.08 bits per heavy atom. The van der Waals surface area contributed by atoms with E-state index in [1.165, 1.54) is 18.5 Å². The average molecular weight is 339 g/mol. The van der Waals surface area contributed by atoms with Crippen LogP contribution in [0.4, 0.5) is 10.2 Å². The van der Waals surface area contributed by atoms with Crippen molar-refractivity contribution in [3.05, 3.63) is 64.1 Å². The lowest BCUT2D eigenvalue weighted by molar-refractivity contribution is 0.345. The molecule has 2 heterocycles.